The Kier molecular flexibility index (Phi) is 24.1. The van der Waals surface area contributed by atoms with E-state index in [0.29, 0.717) is 64.6 Å². The number of aromatic nitrogens is 28. The van der Waals surface area contributed by atoms with E-state index in [1.165, 1.54) is 31.2 Å². The van der Waals surface area contributed by atoms with Crippen LogP contribution in [0, 0.1) is 11.8 Å². The van der Waals surface area contributed by atoms with Gasteiger partial charge >= 0.3 is 0 Å². The molecule has 34 nitrogen and oxygen atoms in total. The lowest BCUT2D eigenvalue weighted by atomic mass is 10.0. The normalized spacial score (nSPS) is 12.1. The smallest absolute Gasteiger partial charge is 0.224 e. The number of hydrogen-bond acceptors (Lipinski definition) is 24. The van der Waals surface area contributed by atoms with Crippen LogP contribution in [0.1, 0.15) is 64.9 Å². The minimum atomic E-state index is -0.0537. The highest BCUT2D eigenvalue weighted by atomic mass is 16.2. The summed E-state index contributed by atoms with van der Waals surface area (Å²) in [7, 11) is 0. The summed E-state index contributed by atoms with van der Waals surface area (Å²) in [6.45, 7) is 7.77. The summed E-state index contributed by atoms with van der Waals surface area (Å²) in [5.74, 6) is 3.70. The Morgan fingerprint density at radius 1 is 0.340 bits per heavy atom. The number of rotatable bonds is 21. The van der Waals surface area contributed by atoms with Crippen molar-refractivity contribution in [1.82, 2.24) is 146 Å². The van der Waals surface area contributed by atoms with Gasteiger partial charge in [-0.15, -0.1) is 0 Å². The van der Waals surface area contributed by atoms with Crippen LogP contribution in [0.15, 0.2) is 294 Å². The van der Waals surface area contributed by atoms with Crippen molar-refractivity contribution < 1.29 is 9.59 Å². The first-order chi connectivity index (χ1) is 69.3. The Morgan fingerprint density at radius 3 is 1.07 bits per heavy atom. The van der Waals surface area contributed by atoms with Gasteiger partial charge in [0.25, 0.3) is 0 Å². The lowest BCUT2D eigenvalue weighted by Crippen LogP contribution is -2.20. The molecule has 20 aromatic heterocycles. The highest BCUT2D eigenvalue weighted by molar-refractivity contribution is 6.04. The molecule has 0 radical (unpaired) electrons. The summed E-state index contributed by atoms with van der Waals surface area (Å²) >= 11 is 0. The van der Waals surface area contributed by atoms with E-state index in [1.54, 1.807) is 112 Å². The van der Waals surface area contributed by atoms with Gasteiger partial charge in [0.15, 0.2) is 23.3 Å². The molecule has 4 aromatic carbocycles. The van der Waals surface area contributed by atoms with Crippen molar-refractivity contribution in [3.05, 3.63) is 300 Å². The predicted molar refractivity (Wildman–Crippen MR) is 547 cm³/mol. The lowest BCUT2D eigenvalue weighted by Gasteiger charge is -2.11. The summed E-state index contributed by atoms with van der Waals surface area (Å²) in [6.07, 6.45) is 49.0. The van der Waals surface area contributed by atoms with E-state index >= 15 is 0 Å². The number of anilines is 3. The van der Waals surface area contributed by atoms with E-state index in [2.05, 4.69) is 173 Å². The van der Waals surface area contributed by atoms with Gasteiger partial charge in [-0.2, -0.15) is 20.4 Å². The Labute approximate surface area is 802 Å². The van der Waals surface area contributed by atoms with E-state index in [-0.39, 0.29) is 17.7 Å². The summed E-state index contributed by atoms with van der Waals surface area (Å²) in [6, 6.07) is 48.0. The number of carbonyl (C=O) groups excluding carboxylic acids is 2. The van der Waals surface area contributed by atoms with E-state index < -0.39 is 0 Å². The number of fused-ring (bicyclic) bond motifs is 8. The van der Waals surface area contributed by atoms with Crippen LogP contribution in [0.4, 0.5) is 17.1 Å². The Morgan fingerprint density at radius 2 is 0.695 bits per heavy atom. The number of nitrogens with one attached hydrogen (secondary N) is 11. The Bertz CT molecular complexity index is 8700. The first kappa shape index (κ1) is 87.5. The topological polar surface area (TPSA) is 480 Å². The average molecular weight is 1850 g/mol. The number of imidazole rings is 4. The summed E-state index contributed by atoms with van der Waals surface area (Å²) in [4.78, 5) is 109. The third-order valence-corrected chi connectivity index (χ3v) is 24.8. The van der Waals surface area contributed by atoms with Crippen molar-refractivity contribution >= 4 is 117 Å². The fourth-order valence-electron chi connectivity index (χ4n) is 17.8. The maximum atomic E-state index is 12.2. The van der Waals surface area contributed by atoms with Crippen LogP contribution in [0.2, 0.25) is 0 Å². The molecule has 24 aromatic rings. The zero-order valence-electron chi connectivity index (χ0n) is 76.4. The number of H-pyrrole nitrogens is 8. The van der Waals surface area contributed by atoms with Gasteiger partial charge in [0.2, 0.25) is 11.8 Å². The Balaban J connectivity index is 0.000000108. The van der Waals surface area contributed by atoms with Crippen LogP contribution in [0.5, 0.6) is 0 Å². The molecule has 1 aliphatic rings. The lowest BCUT2D eigenvalue weighted by molar-refractivity contribution is -0.117. The van der Waals surface area contributed by atoms with Gasteiger partial charge in [-0.1, -0.05) is 63.9 Å². The molecule has 1 aliphatic carbocycles. The predicted octanol–water partition coefficient (Wildman–Crippen LogP) is 20.7. The van der Waals surface area contributed by atoms with Crippen LogP contribution < -0.4 is 21.7 Å². The number of hydrogen-bond donors (Lipinski definition) is 12. The molecule has 0 saturated heterocycles. The maximum Gasteiger partial charge on any atom is 0.224 e. The van der Waals surface area contributed by atoms with Gasteiger partial charge in [0.1, 0.15) is 28.3 Å². The third kappa shape index (κ3) is 18.6. The Hall–Kier alpha value is -18.9. The largest absolute Gasteiger partial charge is 0.397 e. The van der Waals surface area contributed by atoms with E-state index in [0.717, 1.165) is 207 Å². The van der Waals surface area contributed by atoms with Crippen LogP contribution >= 0.6 is 0 Å². The second-order valence-corrected chi connectivity index (χ2v) is 34.8. The first-order valence-electron chi connectivity index (χ1n) is 46.1. The number of carbonyl (C=O) groups is 2. The first-order valence-corrected chi connectivity index (χ1v) is 46.1. The minimum absolute atomic E-state index is 0.0213. The molecule has 1 fully saturated rings. The monoisotopic (exact) mass is 1850 g/mol. The highest BCUT2D eigenvalue weighted by Gasteiger charge is 2.25. The SMILES string of the molecule is CC(C)CC(=O)Nc1cncc(-c2ccc3[nH]nc(-c4nc5c(-c6ccncc6)cncc5[nH]4)c3c2)c1.CCC(=O)Nc1cncc(-c2ccc3[nH]nc(-c4nc5c(-c6ccncc6)cncc5[nH]4)c3c2)c1.Nc1cncc(-c2ccc3[nH]nc(-c4nc5c(-c6ccncc6)cncc5[nH]4)c3c2)c1.c1cncc(-c2cncc3[nH]c(-c4n[nH]c5ccc(-c6cncc(CNCC7CCCC7)c6)cc45)nc23)c1. The number of aromatic amines is 8. The number of nitrogens with two attached hydrogens (primary N) is 1. The fraction of sp³-hybridized carbons (Fsp3) is 0.121. The molecule has 25 rings (SSSR count). The molecule has 0 atom stereocenters. The summed E-state index contributed by atoms with van der Waals surface area (Å²) in [5.41, 5.74) is 37.8. The maximum absolute atomic E-state index is 12.2. The van der Waals surface area contributed by atoms with Gasteiger partial charge in [-0.3, -0.25) is 89.8 Å². The van der Waals surface area contributed by atoms with Gasteiger partial charge in [-0.25, -0.2) is 19.9 Å². The average Bonchev–Trinajstić information content (AvgIpc) is 1.63. The van der Waals surface area contributed by atoms with E-state index in [9.17, 15) is 9.59 Å². The minimum Gasteiger partial charge on any atom is -0.397 e. The van der Waals surface area contributed by atoms with Gasteiger partial charge in [0, 0.05) is 203 Å². The van der Waals surface area contributed by atoms with Gasteiger partial charge < -0.3 is 41.6 Å². The molecular weight excluding hydrogens is 1770 g/mol. The zero-order chi connectivity index (χ0) is 95.2. The number of nitrogen functional groups attached to an aromatic ring is 1. The second kappa shape index (κ2) is 38.9. The number of benzene rings is 4. The van der Waals surface area contributed by atoms with Gasteiger partial charge in [0.05, 0.1) is 115 Å². The van der Waals surface area contributed by atoms with E-state index in [4.69, 9.17) is 25.7 Å². The fourth-order valence-corrected chi connectivity index (χ4v) is 17.8. The molecular formula is C107H88N32O2. The van der Waals surface area contributed by atoms with Crippen molar-refractivity contribution in [3.63, 3.8) is 0 Å². The molecule has 0 aliphatic heterocycles. The molecule has 0 unspecified atom stereocenters. The molecule has 13 N–H and O–H groups in total. The number of nitrogens with zero attached hydrogens (tertiary/aromatic N) is 20. The zero-order valence-corrected chi connectivity index (χ0v) is 76.4. The van der Waals surface area contributed by atoms with Crippen LogP contribution in [0.3, 0.4) is 0 Å². The van der Waals surface area contributed by atoms with Crippen molar-refractivity contribution in [1.29, 1.82) is 0 Å². The van der Waals surface area contributed by atoms with Crippen molar-refractivity contribution in [3.8, 4) is 135 Å². The summed E-state index contributed by atoms with van der Waals surface area (Å²) < 4.78 is 0. The molecule has 1 saturated carbocycles. The molecule has 141 heavy (non-hydrogen) atoms. The third-order valence-electron chi connectivity index (χ3n) is 24.8. The van der Waals surface area contributed by atoms with Crippen LogP contribution in [0.25, 0.3) is 223 Å². The summed E-state index contributed by atoms with van der Waals surface area (Å²) in [5, 5.41) is 43.9. The van der Waals surface area contributed by atoms with Crippen LogP contribution in [-0.4, -0.2) is 159 Å². The number of amides is 2. The van der Waals surface area contributed by atoms with Crippen molar-refractivity contribution in [2.24, 2.45) is 11.8 Å². The molecule has 0 spiro atoms. The van der Waals surface area contributed by atoms with E-state index in [1.807, 2.05) is 167 Å². The molecule has 2 amide bonds. The quantitative estimate of drug-likeness (QED) is 0.0318. The molecule has 20 heterocycles. The molecule has 0 bridgehead atoms. The number of pyridine rings is 12. The van der Waals surface area contributed by atoms with Crippen molar-refractivity contribution in [2.75, 3.05) is 22.9 Å². The van der Waals surface area contributed by atoms with Crippen LogP contribution in [-0.2, 0) is 16.1 Å². The second-order valence-electron chi connectivity index (χ2n) is 34.8. The molecule has 34 heteroatoms. The van der Waals surface area contributed by atoms with Crippen molar-refractivity contribution in [2.45, 2.75) is 65.8 Å². The molecule has 688 valence electrons. The van der Waals surface area contributed by atoms with Gasteiger partial charge in [-0.05, 0) is 191 Å². The standard InChI is InChI=1S/C30H28N8.C28H24N8O.C26H20N8O.C23H16N8/c1-2-5-19(4-1)12-32-13-20-10-23(16-33-14-20)21-7-8-26-24(11-21)29(38-37-26)30-35-27-18-34-17-25(28(27)36-30)22-6-3-9-31-15-22;1-16(2)9-25(37)32-20-10-19(12-30-13-20)18-3-4-23-21(11-18)27(36-35-23)28-33-24-15-31-14-22(26(24)34-28)17-5-7-29-8-6-17;1-2-23(35)30-18-9-17(11-28-12-18)16-3-4-21-19(10-16)25(34-33-21)26-31-22-14-29-13-20(24(22)32-26)15-5-7-27-8-6-15;24-16-7-15(9-26-10-16)14-1-2-19-17(8-14)22(31-30-19)23-28-20-12-27-11-18(21(20)29-23)13-3-5-25-6-4-13/h3,6-11,14-19,32H,1-2,4-5,12-13H2,(H,35,36)(H,37,38);3-8,10-16H,9H2,1-2H3,(H,32,37)(H,33,34)(H,35,36);3-14H,2H2,1H3,(H,30,35)(H,31,32)(H,33,34);1-12H,24H2,(H,28,29)(H,30,31). The highest BCUT2D eigenvalue weighted by Crippen LogP contribution is 2.41.